The summed E-state index contributed by atoms with van der Waals surface area (Å²) in [7, 11) is 0. The van der Waals surface area contributed by atoms with Crippen molar-refractivity contribution < 1.29 is 26.3 Å². The van der Waals surface area contributed by atoms with E-state index in [1.165, 1.54) is 6.19 Å². The fourth-order valence-corrected chi connectivity index (χ4v) is 2.90. The summed E-state index contributed by atoms with van der Waals surface area (Å²) in [6, 6.07) is -0.684. The van der Waals surface area contributed by atoms with Crippen LogP contribution < -0.4 is 22.1 Å². The lowest BCUT2D eigenvalue weighted by atomic mass is 9.91. The number of aromatic nitrogens is 1. The second-order valence-electron chi connectivity index (χ2n) is 5.85. The van der Waals surface area contributed by atoms with Gasteiger partial charge in [-0.25, -0.2) is 23.1 Å². The average Bonchev–Trinajstić information content (AvgIpc) is 2.65. The number of benzene rings is 1. The molecular weight excluding hydrogens is 418 g/mol. The largest absolute Gasteiger partial charge is 0.416 e. The van der Waals surface area contributed by atoms with Crippen LogP contribution in [0.25, 0.3) is 0 Å². The molecule has 1 atom stereocenters. The Balaban J connectivity index is 2.44. The Morgan fingerprint density at radius 3 is 2.33 bits per heavy atom. The van der Waals surface area contributed by atoms with Crippen molar-refractivity contribution >= 4 is 23.3 Å². The van der Waals surface area contributed by atoms with E-state index in [2.05, 4.69) is 15.3 Å². The van der Waals surface area contributed by atoms with Gasteiger partial charge in [0.05, 0.1) is 11.3 Å². The molecule has 30 heavy (non-hydrogen) atoms. The van der Waals surface area contributed by atoms with Crippen molar-refractivity contribution in [3.05, 3.63) is 45.8 Å². The fraction of sp³-hybridized carbons (Fsp3) is 0.125. The normalized spacial score (nSPS) is 15.3. The van der Waals surface area contributed by atoms with E-state index in [9.17, 15) is 31.6 Å². The molecule has 14 heteroatoms. The van der Waals surface area contributed by atoms with Gasteiger partial charge in [-0.2, -0.15) is 23.7 Å². The van der Waals surface area contributed by atoms with E-state index in [0.717, 1.165) is 0 Å². The molecule has 8 nitrogen and oxygen atoms in total. The molecule has 1 aliphatic heterocycles. The second-order valence-corrected chi connectivity index (χ2v) is 5.85. The first-order chi connectivity index (χ1) is 14.0. The summed E-state index contributed by atoms with van der Waals surface area (Å²) < 4.78 is 82.6. The van der Waals surface area contributed by atoms with E-state index in [1.807, 2.05) is 5.32 Å². The van der Waals surface area contributed by atoms with Gasteiger partial charge < -0.3 is 16.8 Å². The lowest BCUT2D eigenvalue weighted by Crippen LogP contribution is -2.33. The Morgan fingerprint density at radius 1 is 1.10 bits per heavy atom. The number of pyridine rings is 1. The van der Waals surface area contributed by atoms with E-state index < -0.39 is 69.4 Å². The molecule has 1 aromatic heterocycles. The van der Waals surface area contributed by atoms with Crippen LogP contribution in [0.4, 0.5) is 43.7 Å². The Hall–Kier alpha value is -4.20. The summed E-state index contributed by atoms with van der Waals surface area (Å²) in [6.07, 6.45) is -3.88. The van der Waals surface area contributed by atoms with Crippen molar-refractivity contribution in [2.24, 2.45) is 4.99 Å². The Labute approximate surface area is 163 Å². The number of hydrogen-bond acceptors (Lipinski definition) is 8. The zero-order valence-electron chi connectivity index (χ0n) is 14.4. The number of alkyl halides is 3. The van der Waals surface area contributed by atoms with Crippen molar-refractivity contribution in [1.82, 2.24) is 10.3 Å². The quantitative estimate of drug-likeness (QED) is 0.237. The molecule has 2 aromatic rings. The summed E-state index contributed by atoms with van der Waals surface area (Å²) in [5.74, 6) is -7.69. The lowest BCUT2D eigenvalue weighted by Gasteiger charge is -2.28. The lowest BCUT2D eigenvalue weighted by molar-refractivity contribution is -0.138. The highest BCUT2D eigenvalue weighted by Crippen LogP contribution is 2.46. The van der Waals surface area contributed by atoms with Crippen LogP contribution in [0.15, 0.2) is 11.1 Å². The first-order valence-corrected chi connectivity index (χ1v) is 7.74. The standard InChI is InChI=1S/C16H8F6N8/c17-6-1-5(16(20,21)22)7(10(19)9(6)18)12-8-11(25)4(2-23)13(26)29-14(8)30-15(28-12)27-3-24/h1,12H,(H6,25,26,27,28,29,30). The van der Waals surface area contributed by atoms with Crippen molar-refractivity contribution in [1.29, 1.82) is 10.5 Å². The highest BCUT2D eigenvalue weighted by molar-refractivity contribution is 5.98. The molecule has 1 aromatic carbocycles. The molecule has 0 amide bonds. The third kappa shape index (κ3) is 3.14. The molecule has 1 aliphatic rings. The molecule has 1 unspecified atom stereocenters. The third-order valence-electron chi connectivity index (χ3n) is 4.14. The van der Waals surface area contributed by atoms with Gasteiger partial charge in [0.1, 0.15) is 29.3 Å². The zero-order chi connectivity index (χ0) is 22.4. The van der Waals surface area contributed by atoms with Crippen molar-refractivity contribution in [3.8, 4) is 12.3 Å². The minimum Gasteiger partial charge on any atom is -0.397 e. The predicted molar refractivity (Wildman–Crippen MR) is 90.7 cm³/mol. The fourth-order valence-electron chi connectivity index (χ4n) is 2.90. The summed E-state index contributed by atoms with van der Waals surface area (Å²) in [5.41, 5.74) is 6.75. The smallest absolute Gasteiger partial charge is 0.397 e. The number of rotatable bonds is 1. The van der Waals surface area contributed by atoms with Gasteiger partial charge in [0.25, 0.3) is 0 Å². The van der Waals surface area contributed by atoms with Gasteiger partial charge in [-0.15, -0.1) is 0 Å². The monoisotopic (exact) mass is 426 g/mol. The molecule has 3 rings (SSSR count). The van der Waals surface area contributed by atoms with Crippen LogP contribution in [0.3, 0.4) is 0 Å². The van der Waals surface area contributed by atoms with Crippen LogP contribution in [-0.2, 0) is 6.18 Å². The van der Waals surface area contributed by atoms with Crippen LogP contribution in [0.2, 0.25) is 0 Å². The maximum Gasteiger partial charge on any atom is 0.416 e. The number of guanidine groups is 1. The summed E-state index contributed by atoms with van der Waals surface area (Å²) in [6.45, 7) is 0. The van der Waals surface area contributed by atoms with Crippen molar-refractivity contribution in [2.45, 2.75) is 12.2 Å². The molecule has 0 bridgehead atoms. The number of anilines is 3. The van der Waals surface area contributed by atoms with E-state index >= 15 is 0 Å². The minimum absolute atomic E-state index is 0.228. The minimum atomic E-state index is -5.32. The first-order valence-electron chi connectivity index (χ1n) is 7.74. The molecule has 0 radical (unpaired) electrons. The molecule has 6 N–H and O–H groups in total. The molecule has 0 fully saturated rings. The Kier molecular flexibility index (Phi) is 4.79. The molecule has 0 saturated heterocycles. The number of aliphatic imine (C=N–C) groups is 1. The van der Waals surface area contributed by atoms with Gasteiger partial charge >= 0.3 is 6.18 Å². The maximum absolute atomic E-state index is 14.6. The Bertz CT molecular complexity index is 1170. The van der Waals surface area contributed by atoms with Gasteiger partial charge in [-0.1, -0.05) is 0 Å². The number of hydrogen-bond donors (Lipinski definition) is 4. The maximum atomic E-state index is 14.6. The van der Waals surface area contributed by atoms with Crippen LogP contribution in [0, 0.1) is 40.2 Å². The number of nitrogens with one attached hydrogen (secondary N) is 2. The van der Waals surface area contributed by atoms with Gasteiger partial charge in [0.2, 0.25) is 5.96 Å². The first kappa shape index (κ1) is 20.5. The summed E-state index contributed by atoms with van der Waals surface area (Å²) in [5, 5.41) is 22.3. The summed E-state index contributed by atoms with van der Waals surface area (Å²) in [4.78, 5) is 7.50. The highest BCUT2D eigenvalue weighted by atomic mass is 19.4. The van der Waals surface area contributed by atoms with E-state index in [0.29, 0.717) is 0 Å². The van der Waals surface area contributed by atoms with Gasteiger partial charge in [-0.3, -0.25) is 5.32 Å². The Morgan fingerprint density at radius 2 is 1.77 bits per heavy atom. The molecule has 0 aliphatic carbocycles. The summed E-state index contributed by atoms with van der Waals surface area (Å²) >= 11 is 0. The van der Waals surface area contributed by atoms with Gasteiger partial charge in [0.15, 0.2) is 23.6 Å². The van der Waals surface area contributed by atoms with E-state index in [-0.39, 0.29) is 11.9 Å². The van der Waals surface area contributed by atoms with Crippen LogP contribution in [0.1, 0.15) is 28.3 Å². The van der Waals surface area contributed by atoms with E-state index in [4.69, 9.17) is 16.7 Å². The molecule has 154 valence electrons. The van der Waals surface area contributed by atoms with Gasteiger partial charge in [0, 0.05) is 11.1 Å². The predicted octanol–water partition coefficient (Wildman–Crippen LogP) is 2.50. The molecule has 0 saturated carbocycles. The number of halogens is 6. The van der Waals surface area contributed by atoms with Crippen LogP contribution in [-0.4, -0.2) is 10.9 Å². The number of nitrogens with zero attached hydrogens (tertiary/aromatic N) is 4. The van der Waals surface area contributed by atoms with Crippen LogP contribution >= 0.6 is 0 Å². The SMILES string of the molecule is N#CNC1=NC(c2c(C(F)(F)F)cc(F)c(F)c2F)c2c(nc(N)c(C#N)c2N)N1. The number of nitrogens with two attached hydrogens (primary N) is 2. The highest BCUT2D eigenvalue weighted by Gasteiger charge is 2.42. The molecule has 2 heterocycles. The van der Waals surface area contributed by atoms with Crippen molar-refractivity contribution in [2.75, 3.05) is 16.8 Å². The second kappa shape index (κ2) is 7.00. The zero-order valence-corrected chi connectivity index (χ0v) is 14.4. The number of nitrogen functional groups attached to an aromatic ring is 2. The number of fused-ring (bicyclic) bond motifs is 1. The molecule has 0 spiro atoms. The van der Waals surface area contributed by atoms with Gasteiger partial charge in [-0.05, 0) is 6.07 Å². The molecular formula is C16H8F6N8. The van der Waals surface area contributed by atoms with E-state index in [1.54, 1.807) is 6.07 Å². The third-order valence-corrected chi connectivity index (χ3v) is 4.14. The topological polar surface area (TPSA) is 149 Å². The van der Waals surface area contributed by atoms with Crippen molar-refractivity contribution in [3.63, 3.8) is 0 Å². The number of nitriles is 2. The van der Waals surface area contributed by atoms with Crippen LogP contribution in [0.5, 0.6) is 0 Å². The average molecular weight is 426 g/mol.